The number of halogens is 5. The number of benzene rings is 1. The molecule has 27 heavy (non-hydrogen) atoms. The number of ether oxygens (including phenoxy) is 2. The van der Waals surface area contributed by atoms with Gasteiger partial charge in [0, 0.05) is 17.7 Å². The van der Waals surface area contributed by atoms with Crippen LogP contribution in [-0.4, -0.2) is 48.7 Å². The molecule has 0 bridgehead atoms. The van der Waals surface area contributed by atoms with Crippen LogP contribution in [0.25, 0.3) is 0 Å². The Kier molecular flexibility index (Phi) is 6.65. The van der Waals surface area contributed by atoms with E-state index in [4.69, 9.17) is 0 Å². The molecule has 0 aliphatic rings. The van der Waals surface area contributed by atoms with E-state index in [-0.39, 0.29) is 5.56 Å². The molecule has 0 aliphatic heterocycles. The number of hydrogen-bond donors (Lipinski definition) is 1. The van der Waals surface area contributed by atoms with Crippen LogP contribution in [0.4, 0.5) is 27.6 Å². The highest BCUT2D eigenvalue weighted by Crippen LogP contribution is 2.37. The minimum absolute atomic E-state index is 0.373. The van der Waals surface area contributed by atoms with Crippen LogP contribution in [0, 0.1) is 10.1 Å². The van der Waals surface area contributed by atoms with Gasteiger partial charge in [0.1, 0.15) is 6.04 Å². The number of amides is 1. The maximum absolute atomic E-state index is 13.0. The Morgan fingerprint density at radius 2 is 1.85 bits per heavy atom. The summed E-state index contributed by atoms with van der Waals surface area (Å²) < 4.78 is 71.1. The molecular formula is C14H13F5N2O6. The van der Waals surface area contributed by atoms with Gasteiger partial charge in [-0.05, 0) is 13.0 Å². The lowest BCUT2D eigenvalue weighted by Gasteiger charge is -2.20. The van der Waals surface area contributed by atoms with E-state index >= 15 is 0 Å². The second kappa shape index (κ2) is 8.14. The van der Waals surface area contributed by atoms with Crippen molar-refractivity contribution < 1.29 is 45.9 Å². The van der Waals surface area contributed by atoms with E-state index in [0.29, 0.717) is 12.1 Å². The molecule has 0 spiro atoms. The van der Waals surface area contributed by atoms with Crippen molar-refractivity contribution in [3.63, 3.8) is 0 Å². The first-order valence-electron chi connectivity index (χ1n) is 7.04. The van der Waals surface area contributed by atoms with E-state index in [1.54, 1.807) is 0 Å². The van der Waals surface area contributed by atoms with Crippen molar-refractivity contribution in [2.24, 2.45) is 0 Å². The Balaban J connectivity index is 3.09. The van der Waals surface area contributed by atoms with Crippen molar-refractivity contribution in [2.75, 3.05) is 13.7 Å². The van der Waals surface area contributed by atoms with E-state index in [0.717, 1.165) is 13.2 Å². The SMILES string of the molecule is COC(=O)[C@@H](C)NC(=O)c1ccc([N+](=O)[O-])c(OCC(F)(F)C(F)(F)F)c1. The maximum Gasteiger partial charge on any atom is 0.456 e. The highest BCUT2D eigenvalue weighted by Gasteiger charge is 2.58. The summed E-state index contributed by atoms with van der Waals surface area (Å²) in [4.78, 5) is 33.1. The topological polar surface area (TPSA) is 108 Å². The Morgan fingerprint density at radius 3 is 2.33 bits per heavy atom. The Bertz CT molecular complexity index is 737. The zero-order chi connectivity index (χ0) is 21.0. The lowest BCUT2D eigenvalue weighted by Crippen LogP contribution is -2.42. The summed E-state index contributed by atoms with van der Waals surface area (Å²) in [5, 5.41) is 13.0. The summed E-state index contributed by atoms with van der Waals surface area (Å²) >= 11 is 0. The molecule has 0 fully saturated rings. The van der Waals surface area contributed by atoms with Crippen molar-refractivity contribution in [3.8, 4) is 5.75 Å². The molecule has 150 valence electrons. The Labute approximate surface area is 148 Å². The first kappa shape index (κ1) is 22.1. The van der Waals surface area contributed by atoms with Crippen LogP contribution in [0.3, 0.4) is 0 Å². The third-order valence-corrected chi connectivity index (χ3v) is 3.14. The molecule has 0 aromatic heterocycles. The van der Waals surface area contributed by atoms with E-state index < -0.39 is 53.0 Å². The van der Waals surface area contributed by atoms with Gasteiger partial charge in [-0.3, -0.25) is 14.9 Å². The number of carbonyl (C=O) groups excluding carboxylic acids is 2. The molecule has 0 radical (unpaired) electrons. The number of nitro groups is 1. The fourth-order valence-electron chi connectivity index (χ4n) is 1.69. The average molecular weight is 400 g/mol. The zero-order valence-electron chi connectivity index (χ0n) is 13.8. The first-order valence-corrected chi connectivity index (χ1v) is 7.04. The van der Waals surface area contributed by atoms with Crippen LogP contribution in [0.1, 0.15) is 17.3 Å². The van der Waals surface area contributed by atoms with E-state index in [1.165, 1.54) is 6.92 Å². The lowest BCUT2D eigenvalue weighted by atomic mass is 10.1. The minimum atomic E-state index is -5.92. The van der Waals surface area contributed by atoms with Crippen LogP contribution in [-0.2, 0) is 9.53 Å². The number of methoxy groups -OCH3 is 1. The van der Waals surface area contributed by atoms with Crippen LogP contribution in [0.15, 0.2) is 18.2 Å². The first-order chi connectivity index (χ1) is 12.3. The molecule has 0 saturated carbocycles. The van der Waals surface area contributed by atoms with Crippen LogP contribution < -0.4 is 10.1 Å². The molecule has 0 heterocycles. The average Bonchev–Trinajstić information content (AvgIpc) is 2.57. The maximum atomic E-state index is 13.0. The standard InChI is InChI=1S/C14H13F5N2O6/c1-7(12(23)26-2)20-11(22)8-3-4-9(21(24)25)10(5-8)27-6-13(15,16)14(17,18)19/h3-5,7H,6H2,1-2H3,(H,20,22)/t7-/m1/s1. The number of nitrogens with zero attached hydrogens (tertiary/aromatic N) is 1. The summed E-state index contributed by atoms with van der Waals surface area (Å²) in [6.07, 6.45) is -5.92. The van der Waals surface area contributed by atoms with E-state index in [2.05, 4.69) is 14.8 Å². The van der Waals surface area contributed by atoms with Crippen LogP contribution in [0.2, 0.25) is 0 Å². The number of alkyl halides is 5. The van der Waals surface area contributed by atoms with Gasteiger partial charge in [-0.1, -0.05) is 0 Å². The molecule has 1 rings (SSSR count). The molecule has 1 atom stereocenters. The van der Waals surface area contributed by atoms with E-state index in [9.17, 15) is 41.7 Å². The molecular weight excluding hydrogens is 387 g/mol. The monoisotopic (exact) mass is 400 g/mol. The fourth-order valence-corrected chi connectivity index (χ4v) is 1.69. The molecule has 1 amide bonds. The summed E-state index contributed by atoms with van der Waals surface area (Å²) in [6.45, 7) is -0.961. The highest BCUT2D eigenvalue weighted by atomic mass is 19.4. The second-order valence-corrected chi connectivity index (χ2v) is 5.15. The second-order valence-electron chi connectivity index (χ2n) is 5.15. The van der Waals surface area contributed by atoms with Gasteiger partial charge in [0.25, 0.3) is 5.91 Å². The predicted octanol–water partition coefficient (Wildman–Crippen LogP) is 2.46. The van der Waals surface area contributed by atoms with Gasteiger partial charge in [-0.15, -0.1) is 0 Å². The van der Waals surface area contributed by atoms with Gasteiger partial charge in [-0.2, -0.15) is 22.0 Å². The lowest BCUT2D eigenvalue weighted by molar-refractivity contribution is -0.386. The molecule has 0 unspecified atom stereocenters. The third kappa shape index (κ3) is 5.49. The fraction of sp³-hybridized carbons (Fsp3) is 0.429. The van der Waals surface area contributed by atoms with Gasteiger partial charge in [0.15, 0.2) is 12.4 Å². The van der Waals surface area contributed by atoms with Crippen molar-refractivity contribution in [1.82, 2.24) is 5.32 Å². The quantitative estimate of drug-likeness (QED) is 0.326. The van der Waals surface area contributed by atoms with Gasteiger partial charge >= 0.3 is 23.8 Å². The van der Waals surface area contributed by atoms with Crippen molar-refractivity contribution in [2.45, 2.75) is 25.1 Å². The number of carbonyl (C=O) groups is 2. The molecule has 0 saturated heterocycles. The zero-order valence-corrected chi connectivity index (χ0v) is 13.8. The van der Waals surface area contributed by atoms with Crippen LogP contribution in [0.5, 0.6) is 5.75 Å². The molecule has 8 nitrogen and oxygen atoms in total. The van der Waals surface area contributed by atoms with Gasteiger partial charge < -0.3 is 14.8 Å². The Morgan fingerprint density at radius 1 is 1.26 bits per heavy atom. The summed E-state index contributed by atoms with van der Waals surface area (Å²) in [6, 6.07) is 1.10. The number of hydrogen-bond acceptors (Lipinski definition) is 6. The largest absolute Gasteiger partial charge is 0.480 e. The van der Waals surface area contributed by atoms with Gasteiger partial charge in [0.05, 0.1) is 12.0 Å². The molecule has 0 aliphatic carbocycles. The van der Waals surface area contributed by atoms with Crippen molar-refractivity contribution in [1.29, 1.82) is 0 Å². The van der Waals surface area contributed by atoms with E-state index in [1.807, 2.05) is 0 Å². The summed E-state index contributed by atoms with van der Waals surface area (Å²) in [5.74, 6) is -8.01. The van der Waals surface area contributed by atoms with Crippen LogP contribution >= 0.6 is 0 Å². The highest BCUT2D eigenvalue weighted by molar-refractivity contribution is 5.97. The summed E-state index contributed by atoms with van der Waals surface area (Å²) in [5.41, 5.74) is -1.30. The third-order valence-electron chi connectivity index (χ3n) is 3.14. The normalized spacial score (nSPS) is 12.9. The number of nitrogens with one attached hydrogen (secondary N) is 1. The molecule has 1 N–H and O–H groups in total. The number of rotatable bonds is 7. The van der Waals surface area contributed by atoms with Gasteiger partial charge in [-0.25, -0.2) is 4.79 Å². The summed E-state index contributed by atoms with van der Waals surface area (Å²) in [7, 11) is 1.06. The predicted molar refractivity (Wildman–Crippen MR) is 78.5 cm³/mol. The molecule has 1 aromatic carbocycles. The van der Waals surface area contributed by atoms with Gasteiger partial charge in [0.2, 0.25) is 0 Å². The van der Waals surface area contributed by atoms with Crippen molar-refractivity contribution in [3.05, 3.63) is 33.9 Å². The molecule has 13 heteroatoms. The smallest absolute Gasteiger partial charge is 0.456 e. The van der Waals surface area contributed by atoms with Crippen molar-refractivity contribution >= 4 is 17.6 Å². The minimum Gasteiger partial charge on any atom is -0.480 e. The Hall–Kier alpha value is -2.99. The number of nitro benzene ring substituents is 1. The number of esters is 1. The molecule has 1 aromatic rings.